The predicted molar refractivity (Wildman–Crippen MR) is 123 cm³/mol. The third-order valence-corrected chi connectivity index (χ3v) is 6.60. The molecule has 1 saturated heterocycles. The quantitative estimate of drug-likeness (QED) is 0.538. The first-order chi connectivity index (χ1) is 14.9. The van der Waals surface area contributed by atoms with Crippen molar-refractivity contribution < 1.29 is 19.7 Å². The van der Waals surface area contributed by atoms with Crippen molar-refractivity contribution in [1.29, 1.82) is 0 Å². The summed E-state index contributed by atoms with van der Waals surface area (Å²) < 4.78 is 10.5. The number of hydrogen-bond acceptors (Lipinski definition) is 6. The summed E-state index contributed by atoms with van der Waals surface area (Å²) in [5, 5.41) is 24.6. The molecule has 3 N–H and O–H groups in total. The molecule has 3 rings (SSSR count). The zero-order chi connectivity index (χ0) is 22.6. The van der Waals surface area contributed by atoms with Crippen LogP contribution in [0.15, 0.2) is 36.4 Å². The van der Waals surface area contributed by atoms with Crippen molar-refractivity contribution in [2.24, 2.45) is 5.92 Å². The number of phenols is 1. The van der Waals surface area contributed by atoms with Gasteiger partial charge in [0, 0.05) is 29.7 Å². The molecule has 1 fully saturated rings. The summed E-state index contributed by atoms with van der Waals surface area (Å²) >= 11 is 6.12. The van der Waals surface area contributed by atoms with E-state index < -0.39 is 0 Å². The molecule has 1 aliphatic rings. The van der Waals surface area contributed by atoms with Gasteiger partial charge in [-0.3, -0.25) is 4.90 Å². The van der Waals surface area contributed by atoms with E-state index in [2.05, 4.69) is 36.2 Å². The number of aliphatic hydroxyl groups excluding tert-OH is 1. The molecular formula is C24H33ClN2O4. The molecule has 170 valence electrons. The highest BCUT2D eigenvalue weighted by Crippen LogP contribution is 2.46. The molecule has 7 heteroatoms. The Kier molecular flexibility index (Phi) is 7.70. The molecule has 0 bridgehead atoms. The Hall–Kier alpha value is -1.99. The van der Waals surface area contributed by atoms with Gasteiger partial charge in [-0.1, -0.05) is 30.7 Å². The first-order valence-corrected chi connectivity index (χ1v) is 11.0. The number of nitrogens with zero attached hydrogens (tertiary/aromatic N) is 1. The van der Waals surface area contributed by atoms with Crippen LogP contribution < -0.4 is 14.8 Å². The maximum atomic E-state index is 10.2. The summed E-state index contributed by atoms with van der Waals surface area (Å²) in [5.41, 5.74) is 1.91. The fraction of sp³-hybridized carbons (Fsp3) is 0.500. The first-order valence-electron chi connectivity index (χ1n) is 10.6. The highest BCUT2D eigenvalue weighted by molar-refractivity contribution is 6.30. The second-order valence-corrected chi connectivity index (χ2v) is 8.82. The van der Waals surface area contributed by atoms with Gasteiger partial charge in [0.2, 0.25) is 5.75 Å². The van der Waals surface area contributed by atoms with E-state index in [1.807, 2.05) is 24.3 Å². The smallest absolute Gasteiger partial charge is 0.200 e. The maximum absolute atomic E-state index is 10.2. The Morgan fingerprint density at radius 1 is 1.16 bits per heavy atom. The lowest BCUT2D eigenvalue weighted by Gasteiger charge is -2.37. The van der Waals surface area contributed by atoms with Crippen LogP contribution in [-0.2, 0) is 6.54 Å². The largest absolute Gasteiger partial charge is 0.502 e. The third kappa shape index (κ3) is 4.93. The van der Waals surface area contributed by atoms with E-state index in [0.29, 0.717) is 24.0 Å². The number of aliphatic hydroxyl groups is 1. The summed E-state index contributed by atoms with van der Waals surface area (Å²) in [5.74, 6) is 1.10. The van der Waals surface area contributed by atoms with E-state index in [9.17, 15) is 10.2 Å². The molecule has 3 atom stereocenters. The van der Waals surface area contributed by atoms with Gasteiger partial charge in [0.1, 0.15) is 0 Å². The Morgan fingerprint density at radius 2 is 1.77 bits per heavy atom. The van der Waals surface area contributed by atoms with E-state index in [1.54, 1.807) is 0 Å². The number of likely N-dealkylation sites (N-methyl/N-ethyl adjacent to an activating group) is 1. The number of likely N-dealkylation sites (tertiary alicyclic amines) is 1. The van der Waals surface area contributed by atoms with Crippen LogP contribution in [-0.4, -0.2) is 54.6 Å². The van der Waals surface area contributed by atoms with Gasteiger partial charge in [-0.2, -0.15) is 0 Å². The number of benzene rings is 2. The van der Waals surface area contributed by atoms with E-state index in [0.717, 1.165) is 30.1 Å². The lowest BCUT2D eigenvalue weighted by Crippen LogP contribution is -2.45. The van der Waals surface area contributed by atoms with Crippen molar-refractivity contribution in [3.63, 3.8) is 0 Å². The molecule has 31 heavy (non-hydrogen) atoms. The van der Waals surface area contributed by atoms with Crippen LogP contribution in [0.4, 0.5) is 0 Å². The fourth-order valence-corrected chi connectivity index (χ4v) is 4.99. The van der Waals surface area contributed by atoms with Crippen molar-refractivity contribution >= 4 is 11.6 Å². The molecule has 1 heterocycles. The number of phenolic OH excluding ortho intramolecular Hbond substituents is 1. The summed E-state index contributed by atoms with van der Waals surface area (Å²) in [4.78, 5) is 2.40. The zero-order valence-electron chi connectivity index (χ0n) is 18.7. The van der Waals surface area contributed by atoms with Gasteiger partial charge in [0.25, 0.3) is 0 Å². The molecule has 0 radical (unpaired) electrons. The van der Waals surface area contributed by atoms with Crippen LogP contribution >= 0.6 is 11.6 Å². The summed E-state index contributed by atoms with van der Waals surface area (Å²) in [6.07, 6.45) is 0.889. The van der Waals surface area contributed by atoms with E-state index in [4.69, 9.17) is 21.1 Å². The van der Waals surface area contributed by atoms with Crippen LogP contribution in [0.5, 0.6) is 17.2 Å². The van der Waals surface area contributed by atoms with E-state index in [1.165, 1.54) is 19.8 Å². The average Bonchev–Trinajstić information content (AvgIpc) is 3.07. The van der Waals surface area contributed by atoms with Crippen LogP contribution in [0.25, 0.3) is 0 Å². The lowest BCUT2D eigenvalue weighted by atomic mass is 9.90. The van der Waals surface area contributed by atoms with Crippen molar-refractivity contribution in [2.75, 3.05) is 33.9 Å². The van der Waals surface area contributed by atoms with Crippen LogP contribution in [0.1, 0.15) is 37.4 Å². The van der Waals surface area contributed by atoms with Crippen LogP contribution in [0.2, 0.25) is 5.02 Å². The number of methoxy groups -OCH3 is 2. The molecule has 2 aromatic rings. The van der Waals surface area contributed by atoms with Gasteiger partial charge in [-0.25, -0.2) is 0 Å². The van der Waals surface area contributed by atoms with Gasteiger partial charge in [0.15, 0.2) is 11.5 Å². The standard InChI is InChI=1S/C24H33ClN2O4/c1-5-27-22(17-6-8-19(25)9-7-17)18(12-24(27,2)15-28)14-26-13-16-10-20(30-3)23(29)21(11-16)31-4/h6-11,18,22,26,28-29H,5,12-15H2,1-4H3/t18-,22+,24+/m1/s1. The predicted octanol–water partition coefficient (Wildman–Crippen LogP) is 3.99. The number of halogens is 1. The molecule has 0 spiro atoms. The summed E-state index contributed by atoms with van der Waals surface area (Å²) in [6.45, 7) is 6.64. The minimum atomic E-state index is -0.267. The average molecular weight is 449 g/mol. The highest BCUT2D eigenvalue weighted by Gasteiger charge is 2.47. The molecule has 6 nitrogen and oxygen atoms in total. The number of aromatic hydroxyl groups is 1. The highest BCUT2D eigenvalue weighted by atomic mass is 35.5. The number of ether oxygens (including phenoxy) is 2. The second kappa shape index (κ2) is 10.1. The minimum Gasteiger partial charge on any atom is -0.502 e. The SMILES string of the molecule is CCN1[C@@H](c2ccc(Cl)cc2)[C@@H](CNCc2cc(OC)c(O)c(OC)c2)C[C@@]1(C)CO. The van der Waals surface area contributed by atoms with E-state index >= 15 is 0 Å². The molecule has 0 aliphatic carbocycles. The Bertz CT molecular complexity index is 851. The van der Waals surface area contributed by atoms with Gasteiger partial charge in [-0.15, -0.1) is 0 Å². The molecule has 0 aromatic heterocycles. The Labute approximate surface area is 189 Å². The third-order valence-electron chi connectivity index (χ3n) is 6.35. The summed E-state index contributed by atoms with van der Waals surface area (Å²) in [6, 6.07) is 11.8. The topological polar surface area (TPSA) is 74.2 Å². The van der Waals surface area contributed by atoms with Crippen molar-refractivity contribution in [3.05, 3.63) is 52.5 Å². The summed E-state index contributed by atoms with van der Waals surface area (Å²) in [7, 11) is 3.05. The normalized spacial score (nSPS) is 23.8. The zero-order valence-corrected chi connectivity index (χ0v) is 19.4. The Morgan fingerprint density at radius 3 is 2.29 bits per heavy atom. The fourth-order valence-electron chi connectivity index (χ4n) is 4.87. The van der Waals surface area contributed by atoms with Gasteiger partial charge >= 0.3 is 0 Å². The lowest BCUT2D eigenvalue weighted by molar-refractivity contribution is 0.0579. The molecule has 0 unspecified atom stereocenters. The molecule has 0 amide bonds. The number of nitrogens with one attached hydrogen (secondary N) is 1. The van der Waals surface area contributed by atoms with Crippen molar-refractivity contribution in [3.8, 4) is 17.2 Å². The van der Waals surface area contributed by atoms with Crippen molar-refractivity contribution in [1.82, 2.24) is 10.2 Å². The number of hydrogen-bond donors (Lipinski definition) is 3. The molecular weight excluding hydrogens is 416 g/mol. The van der Waals surface area contributed by atoms with E-state index in [-0.39, 0.29) is 23.9 Å². The number of rotatable bonds is 9. The minimum absolute atomic E-state index is 0.00430. The molecule has 1 aliphatic heterocycles. The van der Waals surface area contributed by atoms with Crippen LogP contribution in [0.3, 0.4) is 0 Å². The molecule has 2 aromatic carbocycles. The first kappa shape index (κ1) is 23.7. The Balaban J connectivity index is 1.78. The van der Waals surface area contributed by atoms with Crippen molar-refractivity contribution in [2.45, 2.75) is 38.4 Å². The maximum Gasteiger partial charge on any atom is 0.200 e. The van der Waals surface area contributed by atoms with Gasteiger partial charge in [0.05, 0.1) is 20.8 Å². The molecule has 0 saturated carbocycles. The van der Waals surface area contributed by atoms with Gasteiger partial charge < -0.3 is 25.0 Å². The van der Waals surface area contributed by atoms with Crippen LogP contribution in [0, 0.1) is 5.92 Å². The second-order valence-electron chi connectivity index (χ2n) is 8.38. The monoisotopic (exact) mass is 448 g/mol. The van der Waals surface area contributed by atoms with Gasteiger partial charge in [-0.05, 0) is 61.2 Å².